The molecule has 0 bridgehead atoms. The minimum Gasteiger partial charge on any atom is -0.464 e. The molecule has 6 heteroatoms. The third-order valence-corrected chi connectivity index (χ3v) is 7.23. The molecular weight excluding hydrogens is 368 g/mol. The van der Waals surface area contributed by atoms with Gasteiger partial charge in [0.05, 0.1) is 25.9 Å². The Labute approximate surface area is 165 Å². The summed E-state index contributed by atoms with van der Waals surface area (Å²) >= 11 is 3.38. The monoisotopic (exact) mass is 396 g/mol. The summed E-state index contributed by atoms with van der Waals surface area (Å²) in [5, 5.41) is 0. The number of methoxy groups -OCH3 is 1. The lowest BCUT2D eigenvalue weighted by Gasteiger charge is -2.35. The molecule has 0 saturated carbocycles. The van der Waals surface area contributed by atoms with Crippen LogP contribution in [0.15, 0.2) is 42.5 Å². The van der Waals surface area contributed by atoms with Crippen molar-refractivity contribution in [2.75, 3.05) is 31.8 Å². The van der Waals surface area contributed by atoms with E-state index in [1.807, 2.05) is 49.4 Å². The van der Waals surface area contributed by atoms with Crippen LogP contribution in [0.25, 0.3) is 0 Å². The maximum absolute atomic E-state index is 12.7. The molecule has 0 N–H and O–H groups in total. The third kappa shape index (κ3) is 6.65. The second-order valence-corrected chi connectivity index (χ2v) is 8.99. The maximum Gasteiger partial charge on any atom is 0.332 e. The molecule has 1 atom stereocenters. The Kier molecular flexibility index (Phi) is 9.61. The number of esters is 1. The zero-order valence-electron chi connectivity index (χ0n) is 15.5. The van der Waals surface area contributed by atoms with E-state index in [4.69, 9.17) is 14.2 Å². The molecule has 0 unspecified atom stereocenters. The molecule has 0 aliphatic carbocycles. The summed E-state index contributed by atoms with van der Waals surface area (Å²) in [5.41, 5.74) is 1.12. The van der Waals surface area contributed by atoms with E-state index in [2.05, 4.69) is 0 Å². The van der Waals surface area contributed by atoms with Gasteiger partial charge in [-0.15, -0.1) is 23.5 Å². The van der Waals surface area contributed by atoms with Crippen LogP contribution in [-0.2, 0) is 25.6 Å². The van der Waals surface area contributed by atoms with Gasteiger partial charge in [0, 0.05) is 13.5 Å². The summed E-state index contributed by atoms with van der Waals surface area (Å²) in [7, 11) is 1.66. The lowest BCUT2D eigenvalue weighted by atomic mass is 10.1. The molecule has 1 aromatic rings. The van der Waals surface area contributed by atoms with Crippen LogP contribution in [-0.4, -0.2) is 48.0 Å². The fraction of sp³-hybridized carbons (Fsp3) is 0.550. The van der Waals surface area contributed by atoms with Crippen molar-refractivity contribution in [1.29, 1.82) is 0 Å². The number of benzene rings is 1. The van der Waals surface area contributed by atoms with Crippen LogP contribution in [0, 0.1) is 0 Å². The first kappa shape index (κ1) is 21.4. The molecule has 26 heavy (non-hydrogen) atoms. The zero-order chi connectivity index (χ0) is 18.7. The van der Waals surface area contributed by atoms with E-state index in [1.165, 1.54) is 0 Å². The first-order valence-corrected chi connectivity index (χ1v) is 10.9. The number of hydrogen-bond acceptors (Lipinski definition) is 6. The Morgan fingerprint density at radius 3 is 2.65 bits per heavy atom. The van der Waals surface area contributed by atoms with Crippen LogP contribution in [0.5, 0.6) is 0 Å². The lowest BCUT2D eigenvalue weighted by Crippen LogP contribution is -2.40. The molecule has 0 radical (unpaired) electrons. The number of hydrogen-bond donors (Lipinski definition) is 0. The SMILES string of the molecule is CCOC(=O)C1(C[C@@H](/C=C/COC)OCc2ccccc2)SCCCS1. The molecule has 1 fully saturated rings. The van der Waals surface area contributed by atoms with Crippen molar-refractivity contribution in [3.8, 4) is 0 Å². The van der Waals surface area contributed by atoms with Gasteiger partial charge >= 0.3 is 5.97 Å². The Morgan fingerprint density at radius 1 is 1.27 bits per heavy atom. The topological polar surface area (TPSA) is 44.8 Å². The highest BCUT2D eigenvalue weighted by Crippen LogP contribution is 2.47. The second kappa shape index (κ2) is 11.7. The van der Waals surface area contributed by atoms with Gasteiger partial charge in [0.2, 0.25) is 0 Å². The van der Waals surface area contributed by atoms with E-state index in [-0.39, 0.29) is 12.1 Å². The van der Waals surface area contributed by atoms with Gasteiger partial charge < -0.3 is 14.2 Å². The summed E-state index contributed by atoms with van der Waals surface area (Å²) in [4.78, 5) is 12.7. The largest absolute Gasteiger partial charge is 0.464 e. The van der Waals surface area contributed by atoms with Crippen LogP contribution in [0.1, 0.15) is 25.3 Å². The smallest absolute Gasteiger partial charge is 0.332 e. The molecule has 1 aliphatic rings. The van der Waals surface area contributed by atoms with Crippen molar-refractivity contribution < 1.29 is 19.0 Å². The fourth-order valence-corrected chi connectivity index (χ4v) is 5.83. The highest BCUT2D eigenvalue weighted by molar-refractivity contribution is 8.19. The summed E-state index contributed by atoms with van der Waals surface area (Å²) in [6.45, 7) is 3.29. The lowest BCUT2D eigenvalue weighted by molar-refractivity contribution is -0.144. The van der Waals surface area contributed by atoms with Crippen LogP contribution < -0.4 is 0 Å². The van der Waals surface area contributed by atoms with Crippen molar-refractivity contribution in [3.05, 3.63) is 48.0 Å². The van der Waals surface area contributed by atoms with Crippen LogP contribution >= 0.6 is 23.5 Å². The summed E-state index contributed by atoms with van der Waals surface area (Å²) in [6.07, 6.45) is 5.49. The third-order valence-electron chi connectivity index (χ3n) is 3.94. The maximum atomic E-state index is 12.7. The van der Waals surface area contributed by atoms with Crippen molar-refractivity contribution in [2.45, 2.75) is 36.6 Å². The summed E-state index contributed by atoms with van der Waals surface area (Å²) in [5.74, 6) is 1.81. The molecule has 0 amide bonds. The van der Waals surface area contributed by atoms with Gasteiger partial charge in [0.25, 0.3) is 0 Å². The Hall–Kier alpha value is -0.950. The summed E-state index contributed by atoms with van der Waals surface area (Å²) in [6, 6.07) is 10.1. The van der Waals surface area contributed by atoms with Gasteiger partial charge in [-0.1, -0.05) is 42.5 Å². The van der Waals surface area contributed by atoms with Crippen molar-refractivity contribution in [3.63, 3.8) is 0 Å². The van der Waals surface area contributed by atoms with Gasteiger partial charge in [-0.25, -0.2) is 4.79 Å². The first-order chi connectivity index (χ1) is 12.7. The van der Waals surface area contributed by atoms with Crippen molar-refractivity contribution >= 4 is 29.5 Å². The predicted octanol–water partition coefficient (Wildman–Crippen LogP) is 4.29. The highest BCUT2D eigenvalue weighted by atomic mass is 32.2. The number of carbonyl (C=O) groups excluding carboxylic acids is 1. The van der Waals surface area contributed by atoms with Gasteiger partial charge in [-0.3, -0.25) is 0 Å². The minimum absolute atomic E-state index is 0.136. The molecule has 1 aliphatic heterocycles. The van der Waals surface area contributed by atoms with E-state index in [1.54, 1.807) is 30.6 Å². The van der Waals surface area contributed by atoms with E-state index in [9.17, 15) is 4.79 Å². The Morgan fingerprint density at radius 2 is 2.00 bits per heavy atom. The molecular formula is C20H28O4S2. The molecule has 2 rings (SSSR count). The molecule has 0 aromatic heterocycles. The minimum atomic E-state index is -0.590. The quantitative estimate of drug-likeness (QED) is 0.434. The van der Waals surface area contributed by atoms with Crippen molar-refractivity contribution in [1.82, 2.24) is 0 Å². The van der Waals surface area contributed by atoms with E-state index in [0.717, 1.165) is 23.5 Å². The van der Waals surface area contributed by atoms with Gasteiger partial charge in [0.1, 0.15) is 0 Å². The molecule has 1 heterocycles. The van der Waals surface area contributed by atoms with Crippen LogP contribution in [0.2, 0.25) is 0 Å². The molecule has 4 nitrogen and oxygen atoms in total. The van der Waals surface area contributed by atoms with E-state index < -0.39 is 4.08 Å². The first-order valence-electron chi connectivity index (χ1n) is 8.96. The van der Waals surface area contributed by atoms with Gasteiger partial charge in [-0.2, -0.15) is 0 Å². The molecule has 0 spiro atoms. The standard InChI is InChI=1S/C20H28O4S2/c1-3-23-19(21)20(25-13-8-14-26-20)15-18(11-7-12-22-2)24-16-17-9-5-4-6-10-17/h4-7,9-11,18H,3,8,12-16H2,1-2H3/b11-7+/t18-/m1/s1. The molecule has 144 valence electrons. The predicted molar refractivity (Wildman–Crippen MR) is 110 cm³/mol. The highest BCUT2D eigenvalue weighted by Gasteiger charge is 2.44. The number of ether oxygens (including phenoxy) is 3. The fourth-order valence-electron chi connectivity index (χ4n) is 2.66. The number of carbonyl (C=O) groups is 1. The number of thioether (sulfide) groups is 2. The van der Waals surface area contributed by atoms with Crippen LogP contribution in [0.3, 0.4) is 0 Å². The van der Waals surface area contributed by atoms with Gasteiger partial charge in [0.15, 0.2) is 4.08 Å². The van der Waals surface area contributed by atoms with E-state index in [0.29, 0.717) is 26.2 Å². The zero-order valence-corrected chi connectivity index (χ0v) is 17.2. The normalized spacial score (nSPS) is 17.9. The average molecular weight is 397 g/mol. The Bertz CT molecular complexity index is 556. The molecule has 1 saturated heterocycles. The summed E-state index contributed by atoms with van der Waals surface area (Å²) < 4.78 is 16.1. The van der Waals surface area contributed by atoms with Gasteiger partial charge in [-0.05, 0) is 30.4 Å². The van der Waals surface area contributed by atoms with E-state index >= 15 is 0 Å². The second-order valence-electron chi connectivity index (χ2n) is 5.95. The Balaban J connectivity index is 2.09. The van der Waals surface area contributed by atoms with Crippen LogP contribution in [0.4, 0.5) is 0 Å². The van der Waals surface area contributed by atoms with Crippen molar-refractivity contribution in [2.24, 2.45) is 0 Å². The molecule has 1 aromatic carbocycles. The average Bonchev–Trinajstić information content (AvgIpc) is 2.68. The number of rotatable bonds is 10.